The highest BCUT2D eigenvalue weighted by Gasteiger charge is 2.26. The van der Waals surface area contributed by atoms with Gasteiger partial charge in [-0.1, -0.05) is 193 Å². The van der Waals surface area contributed by atoms with E-state index in [0.717, 1.165) is 94.6 Å². The van der Waals surface area contributed by atoms with Crippen LogP contribution in [0.1, 0.15) is 16.7 Å². The van der Waals surface area contributed by atoms with Crippen molar-refractivity contribution in [2.75, 3.05) is 0 Å². The first kappa shape index (κ1) is 42.8. The van der Waals surface area contributed by atoms with Gasteiger partial charge in [0.2, 0.25) is 0 Å². The van der Waals surface area contributed by atoms with Crippen LogP contribution in [-0.4, -0.2) is 24.5 Å². The summed E-state index contributed by atoms with van der Waals surface area (Å²) in [6.45, 7) is 4.23. The van der Waals surface area contributed by atoms with Gasteiger partial charge in [0.15, 0.2) is 11.6 Å². The fourth-order valence-corrected chi connectivity index (χ4v) is 9.56. The van der Waals surface area contributed by atoms with Crippen LogP contribution in [0.2, 0.25) is 0 Å². The van der Waals surface area contributed by atoms with E-state index in [4.69, 9.17) is 19.9 Å². The molecule has 0 aliphatic heterocycles. The minimum atomic E-state index is 0.443. The predicted molar refractivity (Wildman–Crippen MR) is 290 cm³/mol. The number of fused-ring (bicyclic) bond motifs is 3. The van der Waals surface area contributed by atoms with E-state index in [2.05, 4.69) is 146 Å². The molecule has 0 bridgehead atoms. The molecule has 0 saturated heterocycles. The molecule has 12 aromatic rings. The lowest BCUT2D eigenvalue weighted by molar-refractivity contribution is 1.13. The quantitative estimate of drug-likeness (QED) is 0.144. The van der Waals surface area contributed by atoms with Crippen LogP contribution in [0.15, 0.2) is 231 Å². The van der Waals surface area contributed by atoms with Gasteiger partial charge in [-0.05, 0) is 84.6 Å². The van der Waals surface area contributed by atoms with Crippen molar-refractivity contribution in [3.05, 3.63) is 247 Å². The Morgan fingerprint density at radius 3 is 1.17 bits per heavy atom. The van der Waals surface area contributed by atoms with E-state index in [1.165, 1.54) is 11.1 Å². The van der Waals surface area contributed by atoms with Crippen molar-refractivity contribution in [3.8, 4) is 102 Å². The van der Waals surface area contributed by atoms with Gasteiger partial charge in [-0.3, -0.25) is 0 Å². The first-order valence-corrected chi connectivity index (χ1v) is 23.8. The lowest BCUT2D eigenvalue weighted by Crippen LogP contribution is -2.06. The van der Waals surface area contributed by atoms with Crippen molar-refractivity contribution < 1.29 is 0 Å². The number of benzene rings is 9. The molecule has 0 spiro atoms. The Morgan fingerprint density at radius 1 is 0.338 bits per heavy atom. The normalized spacial score (nSPS) is 11.2. The van der Waals surface area contributed by atoms with E-state index >= 15 is 0 Å². The molecule has 9 aromatic carbocycles. The fraction of sp³-hybridized carbons (Fsp3) is 0.0308. The number of nitrogens with zero attached hydrogens (tertiary/aromatic N) is 6. The van der Waals surface area contributed by atoms with Crippen LogP contribution in [0.3, 0.4) is 0 Å². The van der Waals surface area contributed by atoms with Crippen LogP contribution in [0.25, 0.3) is 118 Å². The van der Waals surface area contributed by atoms with Gasteiger partial charge in [0, 0.05) is 44.2 Å². The van der Waals surface area contributed by atoms with Crippen LogP contribution >= 0.6 is 0 Å². The summed E-state index contributed by atoms with van der Waals surface area (Å²) < 4.78 is 2.33. The Kier molecular flexibility index (Phi) is 10.9. The van der Waals surface area contributed by atoms with E-state index in [0.29, 0.717) is 28.5 Å². The van der Waals surface area contributed by atoms with Crippen molar-refractivity contribution in [2.45, 2.75) is 13.8 Å². The minimum Gasteiger partial charge on any atom is -0.308 e. The molecule has 334 valence electrons. The average Bonchev–Trinajstić information content (AvgIpc) is 3.76. The number of nitriles is 1. The van der Waals surface area contributed by atoms with E-state index in [-0.39, 0.29) is 0 Å². The Hall–Kier alpha value is -9.57. The molecule has 6 heteroatoms. The lowest BCUT2D eigenvalue weighted by Gasteiger charge is -2.20. The Morgan fingerprint density at radius 2 is 0.718 bits per heavy atom. The van der Waals surface area contributed by atoms with Crippen LogP contribution in [0, 0.1) is 25.2 Å². The summed E-state index contributed by atoms with van der Waals surface area (Å²) in [7, 11) is 0. The van der Waals surface area contributed by atoms with Crippen molar-refractivity contribution in [3.63, 3.8) is 0 Å². The summed E-state index contributed by atoms with van der Waals surface area (Å²) in [5.74, 6) is 1.04. The number of aromatic nitrogens is 5. The van der Waals surface area contributed by atoms with Crippen molar-refractivity contribution in [1.29, 1.82) is 5.26 Å². The second kappa shape index (κ2) is 18.2. The zero-order chi connectivity index (χ0) is 47.8. The van der Waals surface area contributed by atoms with Crippen LogP contribution < -0.4 is 0 Å². The van der Waals surface area contributed by atoms with E-state index in [1.54, 1.807) is 0 Å². The SMILES string of the molecule is Cc1ccc(-c2ccc3c(c2)c2cc(-c4ccc(C)cc4)ccc2n3-c2c(-c3cc(-c4ccccc4)nc(-c4ccccc4)n3)cc(C#N)cc2-c2nc(-c3ccccc3)cc(-c3ccccc3)n2)cc1. The predicted octanol–water partition coefficient (Wildman–Crippen LogP) is 16.2. The van der Waals surface area contributed by atoms with Gasteiger partial charge in [0.1, 0.15) is 0 Å². The van der Waals surface area contributed by atoms with Gasteiger partial charge in [-0.25, -0.2) is 19.9 Å². The first-order valence-electron chi connectivity index (χ1n) is 23.8. The monoisotopic (exact) mass is 908 g/mol. The smallest absolute Gasteiger partial charge is 0.162 e. The molecule has 3 heterocycles. The molecule has 0 aliphatic carbocycles. The van der Waals surface area contributed by atoms with Gasteiger partial charge in [-0.2, -0.15) is 5.26 Å². The van der Waals surface area contributed by atoms with Gasteiger partial charge in [0.25, 0.3) is 0 Å². The fourth-order valence-electron chi connectivity index (χ4n) is 9.56. The number of rotatable bonds is 9. The molecule has 0 atom stereocenters. The molecule has 12 rings (SSSR count). The van der Waals surface area contributed by atoms with Crippen molar-refractivity contribution >= 4 is 21.8 Å². The number of hydrogen-bond acceptors (Lipinski definition) is 5. The molecule has 0 aliphatic rings. The molecule has 0 radical (unpaired) electrons. The zero-order valence-electron chi connectivity index (χ0n) is 39.1. The standard InChI is InChI=1S/C65H44N6/c1-42-23-27-45(28-24-42)51-31-33-61-53(37-51)54-38-52(46-29-25-43(2)26-30-46)32-34-62(54)71(61)63-55(60-40-59(49-19-11-5-12-20-49)67-64(70-60)50-21-13-6-14-22-50)35-44(41-66)36-56(63)65-68-57(47-15-7-3-8-16-47)39-58(69-65)48-17-9-4-10-18-48/h3-40H,1-2H3. The lowest BCUT2D eigenvalue weighted by atomic mass is 9.97. The molecular formula is C65H44N6. The second-order valence-electron chi connectivity index (χ2n) is 18.0. The van der Waals surface area contributed by atoms with E-state index < -0.39 is 0 Å². The van der Waals surface area contributed by atoms with Gasteiger partial charge in [0.05, 0.1) is 51.1 Å². The molecular weight excluding hydrogens is 865 g/mol. The van der Waals surface area contributed by atoms with Crippen LogP contribution in [0.5, 0.6) is 0 Å². The summed E-state index contributed by atoms with van der Waals surface area (Å²) in [4.78, 5) is 21.5. The van der Waals surface area contributed by atoms with Gasteiger partial charge < -0.3 is 4.57 Å². The summed E-state index contributed by atoms with van der Waals surface area (Å²) in [5, 5.41) is 13.2. The highest BCUT2D eigenvalue weighted by atomic mass is 15.0. The molecule has 0 saturated carbocycles. The van der Waals surface area contributed by atoms with Gasteiger partial charge >= 0.3 is 0 Å². The molecule has 0 N–H and O–H groups in total. The third-order valence-electron chi connectivity index (χ3n) is 13.2. The molecule has 0 fully saturated rings. The summed E-state index contributed by atoms with van der Waals surface area (Å²) in [6, 6.07) is 82.1. The number of hydrogen-bond donors (Lipinski definition) is 0. The second-order valence-corrected chi connectivity index (χ2v) is 18.0. The average molecular weight is 909 g/mol. The summed E-state index contributed by atoms with van der Waals surface area (Å²) in [6.07, 6.45) is 0. The first-order chi connectivity index (χ1) is 34.9. The molecule has 71 heavy (non-hydrogen) atoms. The van der Waals surface area contributed by atoms with Crippen molar-refractivity contribution in [2.24, 2.45) is 0 Å². The maximum absolute atomic E-state index is 11.1. The van der Waals surface area contributed by atoms with Crippen LogP contribution in [0.4, 0.5) is 0 Å². The molecule has 6 nitrogen and oxygen atoms in total. The topological polar surface area (TPSA) is 80.3 Å². The highest BCUT2D eigenvalue weighted by molar-refractivity contribution is 6.13. The van der Waals surface area contributed by atoms with E-state index in [1.807, 2.05) is 109 Å². The van der Waals surface area contributed by atoms with Crippen LogP contribution in [-0.2, 0) is 0 Å². The largest absolute Gasteiger partial charge is 0.308 e. The zero-order valence-corrected chi connectivity index (χ0v) is 39.1. The van der Waals surface area contributed by atoms with Gasteiger partial charge in [-0.15, -0.1) is 0 Å². The van der Waals surface area contributed by atoms with Crippen molar-refractivity contribution in [1.82, 2.24) is 24.5 Å². The molecule has 0 unspecified atom stereocenters. The summed E-state index contributed by atoms with van der Waals surface area (Å²) in [5.41, 5.74) is 18.2. The maximum Gasteiger partial charge on any atom is 0.162 e. The maximum atomic E-state index is 11.1. The number of aryl methyl sites for hydroxylation is 2. The Balaban J connectivity index is 1.23. The highest BCUT2D eigenvalue weighted by Crippen LogP contribution is 2.44. The Bertz CT molecular complexity index is 3610. The minimum absolute atomic E-state index is 0.443. The summed E-state index contributed by atoms with van der Waals surface area (Å²) >= 11 is 0. The Labute approximate surface area is 412 Å². The molecule has 3 aromatic heterocycles. The third-order valence-corrected chi connectivity index (χ3v) is 13.2. The molecule has 0 amide bonds. The third kappa shape index (κ3) is 8.22. The van der Waals surface area contributed by atoms with E-state index in [9.17, 15) is 5.26 Å².